The van der Waals surface area contributed by atoms with Gasteiger partial charge in [-0.05, 0) is 62.1 Å². The number of benzene rings is 2. The van der Waals surface area contributed by atoms with Gasteiger partial charge in [-0.15, -0.1) is 0 Å². The van der Waals surface area contributed by atoms with Crippen LogP contribution in [-0.4, -0.2) is 40.4 Å². The average Bonchev–Trinajstić information content (AvgIpc) is 3.53. The lowest BCUT2D eigenvalue weighted by Gasteiger charge is -2.22. The molecule has 0 radical (unpaired) electrons. The van der Waals surface area contributed by atoms with Crippen molar-refractivity contribution in [1.82, 2.24) is 25.4 Å². The third-order valence-electron chi connectivity index (χ3n) is 5.58. The van der Waals surface area contributed by atoms with Crippen molar-refractivity contribution < 1.29 is 0 Å². The predicted octanol–water partition coefficient (Wildman–Crippen LogP) is 3.68. The van der Waals surface area contributed by atoms with Crippen molar-refractivity contribution in [1.29, 1.82) is 0 Å². The molecule has 4 rings (SSSR count). The Balaban J connectivity index is 1.41. The maximum Gasteiger partial charge on any atom is 0.192 e. The molecule has 3 aromatic rings. The van der Waals surface area contributed by atoms with Crippen LogP contribution in [0.25, 0.3) is 5.69 Å². The molecule has 1 fully saturated rings. The van der Waals surface area contributed by atoms with E-state index in [1.54, 1.807) is 11.0 Å². The molecule has 0 bridgehead atoms. The first-order valence-electron chi connectivity index (χ1n) is 11.1. The average molecular weight is 418 g/mol. The lowest BCUT2D eigenvalue weighted by atomic mass is 10.1. The third kappa shape index (κ3) is 5.42. The summed E-state index contributed by atoms with van der Waals surface area (Å²) < 4.78 is 1.75. The number of rotatable bonds is 7. The van der Waals surface area contributed by atoms with E-state index in [1.165, 1.54) is 30.4 Å². The van der Waals surface area contributed by atoms with Crippen LogP contribution in [0, 0.1) is 0 Å². The maximum atomic E-state index is 4.79. The summed E-state index contributed by atoms with van der Waals surface area (Å²) in [4.78, 5) is 11.3. The highest BCUT2D eigenvalue weighted by molar-refractivity contribution is 5.80. The molecule has 0 saturated carbocycles. The fourth-order valence-corrected chi connectivity index (χ4v) is 3.84. The second kappa shape index (κ2) is 10.1. The van der Waals surface area contributed by atoms with Gasteiger partial charge in [-0.1, -0.05) is 24.3 Å². The van der Waals surface area contributed by atoms with Crippen molar-refractivity contribution >= 4 is 11.6 Å². The molecule has 2 aromatic carbocycles. The quantitative estimate of drug-likeness (QED) is 0.453. The first-order chi connectivity index (χ1) is 15.2. The third-order valence-corrected chi connectivity index (χ3v) is 5.58. The summed E-state index contributed by atoms with van der Waals surface area (Å²) in [5, 5.41) is 11.1. The highest BCUT2D eigenvalue weighted by Crippen LogP contribution is 2.24. The summed E-state index contributed by atoms with van der Waals surface area (Å²) in [5.74, 6) is 0.821. The molecule has 162 valence electrons. The minimum Gasteiger partial charge on any atom is -0.372 e. The molecular formula is C24H31N7. The fourth-order valence-electron chi connectivity index (χ4n) is 3.84. The number of aromatic nitrogens is 3. The topological polar surface area (TPSA) is 70.4 Å². The fraction of sp³-hybridized carbons (Fsp3) is 0.375. The summed E-state index contributed by atoms with van der Waals surface area (Å²) in [6.07, 6.45) is 5.80. The Bertz CT molecular complexity index is 973. The van der Waals surface area contributed by atoms with E-state index >= 15 is 0 Å². The molecule has 31 heavy (non-hydrogen) atoms. The molecule has 1 aliphatic rings. The summed E-state index contributed by atoms with van der Waals surface area (Å²) in [6.45, 7) is 8.01. The minimum atomic E-state index is 0.162. The highest BCUT2D eigenvalue weighted by Gasteiger charge is 2.14. The molecule has 1 aliphatic heterocycles. The van der Waals surface area contributed by atoms with E-state index < -0.39 is 0 Å². The maximum absolute atomic E-state index is 4.79. The van der Waals surface area contributed by atoms with Crippen molar-refractivity contribution in [2.75, 3.05) is 24.5 Å². The molecule has 1 atom stereocenters. The lowest BCUT2D eigenvalue weighted by Crippen LogP contribution is -2.38. The summed E-state index contributed by atoms with van der Waals surface area (Å²) in [5.41, 5.74) is 4.72. The van der Waals surface area contributed by atoms with Crippen molar-refractivity contribution in [2.45, 2.75) is 39.3 Å². The Hall–Kier alpha value is -3.35. The first-order valence-corrected chi connectivity index (χ1v) is 11.1. The minimum absolute atomic E-state index is 0.162. The van der Waals surface area contributed by atoms with Gasteiger partial charge in [0.25, 0.3) is 0 Å². The van der Waals surface area contributed by atoms with E-state index in [1.807, 2.05) is 12.1 Å². The zero-order chi connectivity index (χ0) is 21.5. The Morgan fingerprint density at radius 3 is 2.61 bits per heavy atom. The van der Waals surface area contributed by atoms with Crippen molar-refractivity contribution in [3.63, 3.8) is 0 Å². The van der Waals surface area contributed by atoms with Crippen LogP contribution in [0.4, 0.5) is 5.69 Å². The Morgan fingerprint density at radius 2 is 1.90 bits per heavy atom. The van der Waals surface area contributed by atoms with Crippen molar-refractivity contribution in [3.8, 4) is 5.69 Å². The van der Waals surface area contributed by atoms with Gasteiger partial charge in [-0.25, -0.2) is 14.7 Å². The number of nitrogens with one attached hydrogen (secondary N) is 2. The van der Waals surface area contributed by atoms with E-state index in [4.69, 9.17) is 4.99 Å². The molecule has 0 spiro atoms. The van der Waals surface area contributed by atoms with E-state index in [-0.39, 0.29) is 6.04 Å². The number of aliphatic imine (C=N–C) groups is 1. The SMILES string of the molecule is CCNC(=NCc1ccc(-n2cncn2)cc1)NC(C)c1cccc(N2CCCC2)c1. The lowest BCUT2D eigenvalue weighted by molar-refractivity contribution is 0.686. The monoisotopic (exact) mass is 417 g/mol. The zero-order valence-corrected chi connectivity index (χ0v) is 18.3. The molecule has 0 amide bonds. The second-order valence-electron chi connectivity index (χ2n) is 7.86. The summed E-state index contributed by atoms with van der Waals surface area (Å²) >= 11 is 0. The summed E-state index contributed by atoms with van der Waals surface area (Å²) in [7, 11) is 0. The van der Waals surface area contributed by atoms with Gasteiger partial charge in [0.05, 0.1) is 18.3 Å². The number of hydrogen-bond donors (Lipinski definition) is 2. The Kier molecular flexibility index (Phi) is 6.82. The van der Waals surface area contributed by atoms with E-state index in [9.17, 15) is 0 Å². The van der Waals surface area contributed by atoms with Gasteiger partial charge >= 0.3 is 0 Å². The van der Waals surface area contributed by atoms with Gasteiger partial charge in [0.2, 0.25) is 0 Å². The molecule has 7 heteroatoms. The number of anilines is 1. The molecular weight excluding hydrogens is 386 g/mol. The van der Waals surface area contributed by atoms with Gasteiger partial charge in [0.1, 0.15) is 12.7 Å². The van der Waals surface area contributed by atoms with Crippen molar-refractivity contribution in [2.24, 2.45) is 4.99 Å². The van der Waals surface area contributed by atoms with Crippen LogP contribution in [0.5, 0.6) is 0 Å². The first kappa shape index (κ1) is 20.9. The smallest absolute Gasteiger partial charge is 0.192 e. The highest BCUT2D eigenvalue weighted by atomic mass is 15.3. The number of hydrogen-bond acceptors (Lipinski definition) is 4. The largest absolute Gasteiger partial charge is 0.372 e. The van der Waals surface area contributed by atoms with E-state index in [0.29, 0.717) is 6.54 Å². The molecule has 0 aliphatic carbocycles. The van der Waals surface area contributed by atoms with Crippen LogP contribution in [-0.2, 0) is 6.54 Å². The van der Waals surface area contributed by atoms with Crippen LogP contribution in [0.3, 0.4) is 0 Å². The molecule has 1 saturated heterocycles. The van der Waals surface area contributed by atoms with E-state index in [2.05, 4.69) is 75.9 Å². The standard InChI is InChI=1S/C24H31N7/c1-3-26-24(27-16-20-9-11-22(12-10-20)31-18-25-17-28-31)29-19(2)21-7-6-8-23(15-21)30-13-4-5-14-30/h6-12,15,17-19H,3-5,13-14,16H2,1-2H3,(H2,26,27,29). The second-order valence-corrected chi connectivity index (χ2v) is 7.86. The molecule has 2 N–H and O–H groups in total. The normalized spacial score (nSPS) is 15.2. The van der Waals surface area contributed by atoms with Crippen molar-refractivity contribution in [3.05, 3.63) is 72.3 Å². The van der Waals surface area contributed by atoms with Gasteiger partial charge < -0.3 is 15.5 Å². The molecule has 2 heterocycles. The van der Waals surface area contributed by atoms with Gasteiger partial charge in [-0.2, -0.15) is 5.10 Å². The van der Waals surface area contributed by atoms with Crippen LogP contribution in [0.15, 0.2) is 66.2 Å². The van der Waals surface area contributed by atoms with Crippen LogP contribution in [0.2, 0.25) is 0 Å². The summed E-state index contributed by atoms with van der Waals surface area (Å²) in [6, 6.07) is 17.2. The van der Waals surface area contributed by atoms with Crippen LogP contribution >= 0.6 is 0 Å². The Labute approximate surface area is 184 Å². The van der Waals surface area contributed by atoms with E-state index in [0.717, 1.165) is 36.8 Å². The molecule has 7 nitrogen and oxygen atoms in total. The molecule has 1 unspecified atom stereocenters. The zero-order valence-electron chi connectivity index (χ0n) is 18.3. The van der Waals surface area contributed by atoms with Gasteiger partial charge in [-0.3, -0.25) is 0 Å². The Morgan fingerprint density at radius 1 is 1.10 bits per heavy atom. The van der Waals surface area contributed by atoms with Gasteiger partial charge in [0.15, 0.2) is 5.96 Å². The molecule has 1 aromatic heterocycles. The van der Waals surface area contributed by atoms with Crippen LogP contribution in [0.1, 0.15) is 43.9 Å². The number of nitrogens with zero attached hydrogens (tertiary/aromatic N) is 5. The van der Waals surface area contributed by atoms with Crippen LogP contribution < -0.4 is 15.5 Å². The number of guanidine groups is 1. The van der Waals surface area contributed by atoms with Gasteiger partial charge in [0, 0.05) is 25.3 Å². The predicted molar refractivity (Wildman–Crippen MR) is 126 cm³/mol.